The number of hydrogen-bond acceptors (Lipinski definition) is 2. The van der Waals surface area contributed by atoms with Crippen molar-refractivity contribution in [2.75, 3.05) is 0 Å². The fraction of sp³-hybridized carbons (Fsp3) is 0.909. The number of carbonyl (C=O) groups is 1. The largest absolute Gasteiger partial charge is 0.481 e. The van der Waals surface area contributed by atoms with Crippen molar-refractivity contribution in [3.8, 4) is 0 Å². The predicted octanol–water partition coefficient (Wildman–Crippen LogP) is 2.00. The molecular weight excluding hydrogens is 178 g/mol. The number of hydrogen-bond donors (Lipinski definition) is 2. The maximum absolute atomic E-state index is 10.4. The van der Waals surface area contributed by atoms with Gasteiger partial charge in [0.25, 0.3) is 0 Å². The minimum atomic E-state index is -0.785. The van der Waals surface area contributed by atoms with Crippen LogP contribution in [0, 0.1) is 11.8 Å². The van der Waals surface area contributed by atoms with E-state index in [1.54, 1.807) is 0 Å². The topological polar surface area (TPSA) is 63.3 Å². The van der Waals surface area contributed by atoms with Crippen LogP contribution >= 0.6 is 0 Å². The maximum atomic E-state index is 10.4. The van der Waals surface area contributed by atoms with Gasteiger partial charge in [-0.2, -0.15) is 0 Å². The highest BCUT2D eigenvalue weighted by molar-refractivity contribution is 5.67. The molecule has 0 saturated heterocycles. The first-order valence-corrected chi connectivity index (χ1v) is 5.55. The Bertz CT molecular complexity index is 190. The molecule has 1 fully saturated rings. The zero-order valence-electron chi connectivity index (χ0n) is 8.91. The maximum Gasteiger partial charge on any atom is 0.304 e. The van der Waals surface area contributed by atoms with E-state index >= 15 is 0 Å². The lowest BCUT2D eigenvalue weighted by molar-refractivity contribution is -0.137. The van der Waals surface area contributed by atoms with Crippen molar-refractivity contribution in [3.05, 3.63) is 0 Å². The molecule has 0 aromatic carbocycles. The monoisotopic (exact) mass is 199 g/mol. The summed E-state index contributed by atoms with van der Waals surface area (Å²) in [5.41, 5.74) is 5.72. The first-order valence-electron chi connectivity index (χ1n) is 5.55. The van der Waals surface area contributed by atoms with Gasteiger partial charge in [-0.3, -0.25) is 4.79 Å². The van der Waals surface area contributed by atoms with Crippen LogP contribution in [0.3, 0.4) is 0 Å². The molecule has 0 amide bonds. The Labute approximate surface area is 85.7 Å². The molecule has 3 nitrogen and oxygen atoms in total. The highest BCUT2D eigenvalue weighted by Crippen LogP contribution is 2.35. The summed E-state index contributed by atoms with van der Waals surface area (Å²) >= 11 is 0. The van der Waals surface area contributed by atoms with Crippen molar-refractivity contribution in [3.63, 3.8) is 0 Å². The standard InChI is InChI=1S/C11H21NO2/c1-8(2-3-9-4-5-9)6-10(12)7-11(13)14/h8-10H,2-7,12H2,1H3,(H,13,14)/t8-,10-/m0/s1. The Balaban J connectivity index is 2.04. The molecule has 1 rings (SSSR count). The van der Waals surface area contributed by atoms with Gasteiger partial charge < -0.3 is 10.8 Å². The number of rotatable bonds is 7. The molecule has 0 radical (unpaired) electrons. The first kappa shape index (κ1) is 11.5. The number of aliphatic carboxylic acids is 1. The van der Waals surface area contributed by atoms with Crippen LogP contribution in [0.15, 0.2) is 0 Å². The van der Waals surface area contributed by atoms with E-state index in [4.69, 9.17) is 10.8 Å². The zero-order valence-corrected chi connectivity index (χ0v) is 8.91. The van der Waals surface area contributed by atoms with Gasteiger partial charge in [0.15, 0.2) is 0 Å². The van der Waals surface area contributed by atoms with Gasteiger partial charge in [0.2, 0.25) is 0 Å². The first-order chi connectivity index (χ1) is 6.58. The normalized spacial score (nSPS) is 20.4. The lowest BCUT2D eigenvalue weighted by Gasteiger charge is -2.15. The molecule has 0 unspecified atom stereocenters. The molecule has 0 aromatic rings. The summed E-state index contributed by atoms with van der Waals surface area (Å²) in [7, 11) is 0. The summed E-state index contributed by atoms with van der Waals surface area (Å²) in [4.78, 5) is 10.4. The second kappa shape index (κ2) is 5.35. The second-order valence-electron chi connectivity index (χ2n) is 4.72. The summed E-state index contributed by atoms with van der Waals surface area (Å²) in [6, 6.07) is -0.165. The van der Waals surface area contributed by atoms with Crippen LogP contribution in [0.5, 0.6) is 0 Å². The minimum Gasteiger partial charge on any atom is -0.481 e. The number of carboxylic acid groups (broad SMARTS) is 1. The number of nitrogens with two attached hydrogens (primary N) is 1. The molecule has 82 valence electrons. The van der Waals surface area contributed by atoms with Gasteiger partial charge in [0.05, 0.1) is 6.42 Å². The van der Waals surface area contributed by atoms with E-state index in [0.29, 0.717) is 5.92 Å². The van der Waals surface area contributed by atoms with E-state index in [2.05, 4.69) is 6.92 Å². The van der Waals surface area contributed by atoms with E-state index in [1.807, 2.05) is 0 Å². The molecule has 3 heteroatoms. The molecular formula is C11H21NO2. The highest BCUT2D eigenvalue weighted by Gasteiger charge is 2.22. The molecule has 0 aliphatic heterocycles. The van der Waals surface area contributed by atoms with E-state index in [1.165, 1.54) is 25.7 Å². The van der Waals surface area contributed by atoms with E-state index in [-0.39, 0.29) is 12.5 Å². The average Bonchev–Trinajstić information content (AvgIpc) is 2.81. The van der Waals surface area contributed by atoms with Gasteiger partial charge in [-0.1, -0.05) is 32.6 Å². The fourth-order valence-electron chi connectivity index (χ4n) is 1.87. The summed E-state index contributed by atoms with van der Waals surface area (Å²) in [5, 5.41) is 8.54. The third-order valence-electron chi connectivity index (χ3n) is 2.91. The summed E-state index contributed by atoms with van der Waals surface area (Å²) in [6.45, 7) is 2.17. The Hall–Kier alpha value is -0.570. The molecule has 0 spiro atoms. The summed E-state index contributed by atoms with van der Waals surface area (Å²) in [5.74, 6) is 0.755. The van der Waals surface area contributed by atoms with Crippen LogP contribution in [0.1, 0.15) is 45.4 Å². The van der Waals surface area contributed by atoms with E-state index in [9.17, 15) is 4.79 Å². The summed E-state index contributed by atoms with van der Waals surface area (Å²) in [6.07, 6.45) is 6.26. The van der Waals surface area contributed by atoms with Crippen molar-refractivity contribution in [1.82, 2.24) is 0 Å². The van der Waals surface area contributed by atoms with Crippen LogP contribution in [0.2, 0.25) is 0 Å². The molecule has 3 N–H and O–H groups in total. The van der Waals surface area contributed by atoms with Gasteiger partial charge in [-0.15, -0.1) is 0 Å². The third-order valence-corrected chi connectivity index (χ3v) is 2.91. The Kier molecular flexibility index (Phi) is 4.39. The van der Waals surface area contributed by atoms with Gasteiger partial charge >= 0.3 is 5.97 Å². The van der Waals surface area contributed by atoms with Gasteiger partial charge in [-0.05, 0) is 18.3 Å². The van der Waals surface area contributed by atoms with Crippen molar-refractivity contribution < 1.29 is 9.90 Å². The fourth-order valence-corrected chi connectivity index (χ4v) is 1.87. The molecule has 0 aromatic heterocycles. The Morgan fingerprint density at radius 3 is 2.71 bits per heavy atom. The molecule has 1 aliphatic rings. The van der Waals surface area contributed by atoms with Crippen LogP contribution in [-0.4, -0.2) is 17.1 Å². The van der Waals surface area contributed by atoms with E-state index < -0.39 is 5.97 Å². The minimum absolute atomic E-state index is 0.105. The van der Waals surface area contributed by atoms with Crippen LogP contribution in [0.25, 0.3) is 0 Å². The smallest absolute Gasteiger partial charge is 0.304 e. The lowest BCUT2D eigenvalue weighted by atomic mass is 9.95. The van der Waals surface area contributed by atoms with Gasteiger partial charge in [0.1, 0.15) is 0 Å². The lowest BCUT2D eigenvalue weighted by Crippen LogP contribution is -2.26. The zero-order chi connectivity index (χ0) is 10.6. The average molecular weight is 199 g/mol. The third kappa shape index (κ3) is 5.22. The Morgan fingerprint density at radius 2 is 2.21 bits per heavy atom. The Morgan fingerprint density at radius 1 is 1.57 bits per heavy atom. The number of carboxylic acids is 1. The molecule has 14 heavy (non-hydrogen) atoms. The van der Waals surface area contributed by atoms with Crippen LogP contribution in [0.4, 0.5) is 0 Å². The molecule has 1 saturated carbocycles. The van der Waals surface area contributed by atoms with Crippen molar-refractivity contribution in [2.45, 2.75) is 51.5 Å². The highest BCUT2D eigenvalue weighted by atomic mass is 16.4. The molecule has 0 heterocycles. The SMILES string of the molecule is C[C@@H](CCC1CC1)C[C@H](N)CC(=O)O. The second-order valence-corrected chi connectivity index (χ2v) is 4.72. The van der Waals surface area contributed by atoms with Crippen molar-refractivity contribution in [2.24, 2.45) is 17.6 Å². The molecule has 2 atom stereocenters. The predicted molar refractivity (Wildman–Crippen MR) is 56.0 cm³/mol. The quantitative estimate of drug-likeness (QED) is 0.659. The molecule has 1 aliphatic carbocycles. The van der Waals surface area contributed by atoms with Crippen LogP contribution < -0.4 is 5.73 Å². The van der Waals surface area contributed by atoms with Crippen molar-refractivity contribution >= 4 is 5.97 Å². The van der Waals surface area contributed by atoms with Crippen LogP contribution in [-0.2, 0) is 4.79 Å². The molecule has 0 bridgehead atoms. The van der Waals surface area contributed by atoms with Crippen molar-refractivity contribution in [1.29, 1.82) is 0 Å². The van der Waals surface area contributed by atoms with Gasteiger partial charge in [-0.25, -0.2) is 0 Å². The summed E-state index contributed by atoms with van der Waals surface area (Å²) < 4.78 is 0. The van der Waals surface area contributed by atoms with E-state index in [0.717, 1.165) is 12.3 Å². The van der Waals surface area contributed by atoms with Gasteiger partial charge in [0, 0.05) is 6.04 Å².